The number of carboxylic acid groups (broad SMARTS) is 1. The molecule has 1 fully saturated rings. The molecule has 1 aliphatic rings. The van der Waals surface area contributed by atoms with Crippen LogP contribution in [-0.2, 0) is 16.0 Å². The first-order valence-corrected chi connectivity index (χ1v) is 8.04. The Morgan fingerprint density at radius 3 is 2.32 bits per heavy atom. The standard InChI is InChI=1S/C18H25NO3/c1-13-6-8-15(9-7-13)12-14(2)16(20)19-18(17(21)22)10-4-3-5-11-18/h6-9,14H,3-5,10-12H2,1-2H3,(H,19,20)(H,21,22). The maximum absolute atomic E-state index is 12.4. The molecule has 0 radical (unpaired) electrons. The minimum Gasteiger partial charge on any atom is -0.480 e. The summed E-state index contributed by atoms with van der Waals surface area (Å²) in [5.74, 6) is -1.30. The number of rotatable bonds is 5. The second kappa shape index (κ2) is 6.95. The van der Waals surface area contributed by atoms with Gasteiger partial charge in [-0.2, -0.15) is 0 Å². The average Bonchev–Trinajstić information content (AvgIpc) is 2.50. The van der Waals surface area contributed by atoms with E-state index in [1.54, 1.807) is 0 Å². The van der Waals surface area contributed by atoms with Crippen LogP contribution in [0.2, 0.25) is 0 Å². The van der Waals surface area contributed by atoms with Gasteiger partial charge in [-0.3, -0.25) is 4.79 Å². The molecule has 1 saturated carbocycles. The number of hydrogen-bond acceptors (Lipinski definition) is 2. The molecule has 0 saturated heterocycles. The van der Waals surface area contributed by atoms with Crippen molar-refractivity contribution in [2.24, 2.45) is 5.92 Å². The lowest BCUT2D eigenvalue weighted by atomic mass is 9.81. The molecule has 1 aliphatic carbocycles. The van der Waals surface area contributed by atoms with E-state index in [2.05, 4.69) is 5.32 Å². The molecular formula is C18H25NO3. The van der Waals surface area contributed by atoms with E-state index in [1.165, 1.54) is 5.56 Å². The molecule has 4 heteroatoms. The Labute approximate surface area is 131 Å². The largest absolute Gasteiger partial charge is 0.480 e. The van der Waals surface area contributed by atoms with Gasteiger partial charge >= 0.3 is 5.97 Å². The van der Waals surface area contributed by atoms with Crippen LogP contribution in [0.5, 0.6) is 0 Å². The van der Waals surface area contributed by atoms with Gasteiger partial charge in [-0.15, -0.1) is 0 Å². The van der Waals surface area contributed by atoms with Gasteiger partial charge in [-0.25, -0.2) is 4.79 Å². The number of carbonyl (C=O) groups excluding carboxylic acids is 1. The molecule has 22 heavy (non-hydrogen) atoms. The zero-order valence-corrected chi connectivity index (χ0v) is 13.4. The number of aliphatic carboxylic acids is 1. The molecular weight excluding hydrogens is 278 g/mol. The third-order valence-corrected chi connectivity index (χ3v) is 4.59. The molecule has 0 bridgehead atoms. The smallest absolute Gasteiger partial charge is 0.329 e. The average molecular weight is 303 g/mol. The molecule has 0 spiro atoms. The first-order valence-electron chi connectivity index (χ1n) is 8.04. The highest BCUT2D eigenvalue weighted by Crippen LogP contribution is 2.29. The summed E-state index contributed by atoms with van der Waals surface area (Å²) in [6.07, 6.45) is 4.46. The predicted octanol–water partition coefficient (Wildman–Crippen LogP) is 3.08. The van der Waals surface area contributed by atoms with Crippen molar-refractivity contribution in [3.8, 4) is 0 Å². The van der Waals surface area contributed by atoms with Crippen LogP contribution in [0.25, 0.3) is 0 Å². The second-order valence-electron chi connectivity index (χ2n) is 6.53. The van der Waals surface area contributed by atoms with Crippen molar-refractivity contribution in [1.29, 1.82) is 0 Å². The fourth-order valence-electron chi connectivity index (χ4n) is 3.08. The predicted molar refractivity (Wildman–Crippen MR) is 85.6 cm³/mol. The van der Waals surface area contributed by atoms with Gasteiger partial charge in [0.25, 0.3) is 0 Å². The van der Waals surface area contributed by atoms with Crippen molar-refractivity contribution in [3.63, 3.8) is 0 Å². The summed E-state index contributed by atoms with van der Waals surface area (Å²) in [7, 11) is 0. The van der Waals surface area contributed by atoms with E-state index in [0.29, 0.717) is 19.3 Å². The van der Waals surface area contributed by atoms with Gasteiger partial charge < -0.3 is 10.4 Å². The minimum atomic E-state index is -1.06. The molecule has 120 valence electrons. The van der Waals surface area contributed by atoms with Crippen molar-refractivity contribution < 1.29 is 14.7 Å². The Kier molecular flexibility index (Phi) is 5.22. The molecule has 1 unspecified atom stereocenters. The normalized spacial score (nSPS) is 18.5. The lowest BCUT2D eigenvalue weighted by molar-refractivity contribution is -0.149. The van der Waals surface area contributed by atoms with Crippen molar-refractivity contribution in [2.45, 2.75) is 57.9 Å². The van der Waals surface area contributed by atoms with E-state index < -0.39 is 11.5 Å². The summed E-state index contributed by atoms with van der Waals surface area (Å²) in [5.41, 5.74) is 1.23. The molecule has 1 aromatic carbocycles. The summed E-state index contributed by atoms with van der Waals surface area (Å²) in [6, 6.07) is 8.10. The third kappa shape index (κ3) is 3.87. The van der Waals surface area contributed by atoms with Gasteiger partial charge in [0.05, 0.1) is 0 Å². The van der Waals surface area contributed by atoms with Gasteiger partial charge in [0.2, 0.25) is 5.91 Å². The number of amides is 1. The summed E-state index contributed by atoms with van der Waals surface area (Å²) >= 11 is 0. The van der Waals surface area contributed by atoms with Crippen LogP contribution in [0.4, 0.5) is 0 Å². The van der Waals surface area contributed by atoms with E-state index in [-0.39, 0.29) is 11.8 Å². The zero-order chi connectivity index (χ0) is 16.2. The highest BCUT2D eigenvalue weighted by Gasteiger charge is 2.41. The third-order valence-electron chi connectivity index (χ3n) is 4.59. The lowest BCUT2D eigenvalue weighted by Gasteiger charge is -2.34. The first-order chi connectivity index (χ1) is 10.4. The van der Waals surface area contributed by atoms with E-state index >= 15 is 0 Å². The topological polar surface area (TPSA) is 66.4 Å². The summed E-state index contributed by atoms with van der Waals surface area (Å²) < 4.78 is 0. The van der Waals surface area contributed by atoms with Crippen LogP contribution in [-0.4, -0.2) is 22.5 Å². The summed E-state index contributed by atoms with van der Waals surface area (Å²) in [4.78, 5) is 24.0. The molecule has 2 rings (SSSR count). The van der Waals surface area contributed by atoms with Gasteiger partial charge in [0.1, 0.15) is 5.54 Å². The quantitative estimate of drug-likeness (QED) is 0.878. The zero-order valence-electron chi connectivity index (χ0n) is 13.4. The molecule has 1 aromatic rings. The molecule has 0 heterocycles. The fourth-order valence-corrected chi connectivity index (χ4v) is 3.08. The second-order valence-corrected chi connectivity index (χ2v) is 6.53. The maximum atomic E-state index is 12.4. The molecule has 1 amide bonds. The Morgan fingerprint density at radius 1 is 1.18 bits per heavy atom. The molecule has 4 nitrogen and oxygen atoms in total. The highest BCUT2D eigenvalue weighted by molar-refractivity contribution is 5.88. The van der Waals surface area contributed by atoms with Crippen molar-refractivity contribution in [2.75, 3.05) is 0 Å². The van der Waals surface area contributed by atoms with Crippen molar-refractivity contribution in [1.82, 2.24) is 5.32 Å². The van der Waals surface area contributed by atoms with Crippen molar-refractivity contribution >= 4 is 11.9 Å². The van der Waals surface area contributed by atoms with Gasteiger partial charge in [-0.1, -0.05) is 56.0 Å². The fraction of sp³-hybridized carbons (Fsp3) is 0.556. The summed E-state index contributed by atoms with van der Waals surface area (Å²) in [6.45, 7) is 3.88. The van der Waals surface area contributed by atoms with E-state index in [4.69, 9.17) is 0 Å². The van der Waals surface area contributed by atoms with Gasteiger partial charge in [0, 0.05) is 5.92 Å². The van der Waals surface area contributed by atoms with Crippen LogP contribution < -0.4 is 5.32 Å². The van der Waals surface area contributed by atoms with Crippen LogP contribution in [0, 0.1) is 12.8 Å². The van der Waals surface area contributed by atoms with Gasteiger partial charge in [-0.05, 0) is 31.7 Å². The molecule has 0 aliphatic heterocycles. The van der Waals surface area contributed by atoms with E-state index in [9.17, 15) is 14.7 Å². The van der Waals surface area contributed by atoms with Crippen LogP contribution in [0.15, 0.2) is 24.3 Å². The monoisotopic (exact) mass is 303 g/mol. The Balaban J connectivity index is 2.00. The lowest BCUT2D eigenvalue weighted by Crippen LogP contribution is -2.56. The number of benzene rings is 1. The number of aryl methyl sites for hydroxylation is 1. The molecule has 1 atom stereocenters. The number of carboxylic acids is 1. The number of hydrogen-bond donors (Lipinski definition) is 2. The van der Waals surface area contributed by atoms with Crippen LogP contribution in [0.1, 0.15) is 50.2 Å². The molecule has 2 N–H and O–H groups in total. The Morgan fingerprint density at radius 2 is 1.77 bits per heavy atom. The van der Waals surface area contributed by atoms with Gasteiger partial charge in [0.15, 0.2) is 0 Å². The molecule has 0 aromatic heterocycles. The minimum absolute atomic E-state index is 0.162. The van der Waals surface area contributed by atoms with E-state index in [1.807, 2.05) is 38.1 Å². The van der Waals surface area contributed by atoms with Crippen LogP contribution >= 0.6 is 0 Å². The number of carbonyl (C=O) groups is 2. The Hall–Kier alpha value is -1.84. The SMILES string of the molecule is Cc1ccc(CC(C)C(=O)NC2(C(=O)O)CCCCC2)cc1. The van der Waals surface area contributed by atoms with E-state index in [0.717, 1.165) is 24.8 Å². The highest BCUT2D eigenvalue weighted by atomic mass is 16.4. The Bertz CT molecular complexity index is 530. The maximum Gasteiger partial charge on any atom is 0.329 e. The summed E-state index contributed by atoms with van der Waals surface area (Å²) in [5, 5.41) is 12.3. The van der Waals surface area contributed by atoms with Crippen LogP contribution in [0.3, 0.4) is 0 Å². The first kappa shape index (κ1) is 16.5. The van der Waals surface area contributed by atoms with Crippen molar-refractivity contribution in [3.05, 3.63) is 35.4 Å². The number of nitrogens with one attached hydrogen (secondary N) is 1.